The lowest BCUT2D eigenvalue weighted by Crippen LogP contribution is -2.21. The quantitative estimate of drug-likeness (QED) is 0.428. The second-order valence-corrected chi connectivity index (χ2v) is 3.28. The number of pyridine rings is 1. The number of guanidine groups is 1. The van der Waals surface area contributed by atoms with Gasteiger partial charge in [0.15, 0.2) is 0 Å². The summed E-state index contributed by atoms with van der Waals surface area (Å²) in [4.78, 5) is 4.37. The first-order chi connectivity index (χ1) is 7.68. The van der Waals surface area contributed by atoms with Gasteiger partial charge >= 0.3 is 0 Å². The van der Waals surface area contributed by atoms with E-state index in [1.807, 2.05) is 35.7 Å². The van der Waals surface area contributed by atoms with Crippen LogP contribution in [0.3, 0.4) is 0 Å². The summed E-state index contributed by atoms with van der Waals surface area (Å²) in [6.07, 6.45) is 3.49. The van der Waals surface area contributed by atoms with E-state index >= 15 is 0 Å². The molecule has 0 bridgehead atoms. The zero-order valence-corrected chi connectivity index (χ0v) is 8.83. The van der Waals surface area contributed by atoms with Crippen LogP contribution < -0.4 is 11.5 Å². The van der Waals surface area contributed by atoms with Crippen LogP contribution in [0, 0.1) is 6.92 Å². The monoisotopic (exact) mass is 216 g/mol. The summed E-state index contributed by atoms with van der Waals surface area (Å²) in [7, 11) is 0. The van der Waals surface area contributed by atoms with E-state index < -0.39 is 0 Å². The number of imidazole rings is 1. The highest BCUT2D eigenvalue weighted by molar-refractivity contribution is 5.82. The van der Waals surface area contributed by atoms with Crippen LogP contribution in [0.15, 0.2) is 34.6 Å². The summed E-state index contributed by atoms with van der Waals surface area (Å²) in [6.45, 7) is 1.91. The Morgan fingerprint density at radius 2 is 2.25 bits per heavy atom. The molecule has 0 saturated heterocycles. The van der Waals surface area contributed by atoms with E-state index in [0.717, 1.165) is 17.0 Å². The molecular weight excluding hydrogens is 204 g/mol. The molecule has 2 aromatic heterocycles. The summed E-state index contributed by atoms with van der Waals surface area (Å²) in [5, 5.41) is 7.32. The third-order valence-electron chi connectivity index (χ3n) is 2.10. The molecule has 0 fully saturated rings. The van der Waals surface area contributed by atoms with Crippen molar-refractivity contribution in [3.8, 4) is 0 Å². The van der Waals surface area contributed by atoms with E-state index in [1.54, 1.807) is 6.21 Å². The molecular formula is C10H12N6. The molecule has 2 aromatic rings. The first kappa shape index (κ1) is 10.2. The predicted octanol–water partition coefficient (Wildman–Crippen LogP) is 0.250. The number of rotatable bonds is 2. The van der Waals surface area contributed by atoms with Gasteiger partial charge < -0.3 is 11.5 Å². The van der Waals surface area contributed by atoms with Gasteiger partial charge in [0.2, 0.25) is 5.96 Å². The number of fused-ring (bicyclic) bond motifs is 1. The topological polar surface area (TPSA) is 94.1 Å². The van der Waals surface area contributed by atoms with E-state index in [9.17, 15) is 0 Å². The Morgan fingerprint density at radius 1 is 1.44 bits per heavy atom. The lowest BCUT2D eigenvalue weighted by molar-refractivity contribution is 1.15. The number of aryl methyl sites for hydroxylation is 1. The zero-order valence-electron chi connectivity index (χ0n) is 8.83. The molecule has 0 aliphatic rings. The Hall–Kier alpha value is -2.37. The smallest absolute Gasteiger partial charge is 0.211 e. The minimum Gasteiger partial charge on any atom is -0.369 e. The summed E-state index contributed by atoms with van der Waals surface area (Å²) < 4.78 is 1.92. The summed E-state index contributed by atoms with van der Waals surface area (Å²) in [5.41, 5.74) is 13.0. The number of aromatic nitrogens is 2. The van der Waals surface area contributed by atoms with E-state index in [2.05, 4.69) is 15.2 Å². The van der Waals surface area contributed by atoms with E-state index in [0.29, 0.717) is 0 Å². The van der Waals surface area contributed by atoms with Crippen molar-refractivity contribution in [1.29, 1.82) is 0 Å². The zero-order chi connectivity index (χ0) is 11.5. The van der Waals surface area contributed by atoms with Gasteiger partial charge in [-0.1, -0.05) is 6.07 Å². The second kappa shape index (κ2) is 4.01. The van der Waals surface area contributed by atoms with Crippen molar-refractivity contribution in [2.45, 2.75) is 6.92 Å². The SMILES string of the molecule is Cc1nc2ccccn2c1C=NN=C(N)N. The van der Waals surface area contributed by atoms with E-state index in [4.69, 9.17) is 11.5 Å². The van der Waals surface area contributed by atoms with Gasteiger partial charge in [-0.2, -0.15) is 5.10 Å². The summed E-state index contributed by atoms with van der Waals surface area (Å²) in [6, 6.07) is 5.77. The molecule has 6 heteroatoms. The number of hydrogen-bond donors (Lipinski definition) is 2. The molecule has 0 radical (unpaired) electrons. The molecule has 0 aliphatic carbocycles. The maximum absolute atomic E-state index is 5.17. The molecule has 0 aromatic carbocycles. The molecule has 4 N–H and O–H groups in total. The van der Waals surface area contributed by atoms with Crippen LogP contribution in [0.25, 0.3) is 5.65 Å². The normalized spacial score (nSPS) is 11.1. The maximum atomic E-state index is 5.17. The third kappa shape index (κ3) is 1.85. The Labute approximate surface area is 92.3 Å². The average Bonchev–Trinajstić information content (AvgIpc) is 2.55. The Bertz CT molecular complexity index is 562. The number of hydrogen-bond acceptors (Lipinski definition) is 3. The molecule has 6 nitrogen and oxygen atoms in total. The van der Waals surface area contributed by atoms with Crippen LogP contribution in [0.1, 0.15) is 11.4 Å². The van der Waals surface area contributed by atoms with Gasteiger partial charge in [0.05, 0.1) is 17.6 Å². The molecule has 0 spiro atoms. The van der Waals surface area contributed by atoms with Crippen molar-refractivity contribution in [2.24, 2.45) is 21.7 Å². The van der Waals surface area contributed by atoms with Crippen molar-refractivity contribution in [2.75, 3.05) is 0 Å². The Kier molecular flexibility index (Phi) is 2.55. The largest absolute Gasteiger partial charge is 0.369 e. The molecule has 82 valence electrons. The fraction of sp³-hybridized carbons (Fsp3) is 0.100. The number of nitrogens with two attached hydrogens (primary N) is 2. The van der Waals surface area contributed by atoms with Crippen LogP contribution in [0.4, 0.5) is 0 Å². The Balaban J connectivity index is 2.47. The van der Waals surface area contributed by atoms with E-state index in [-0.39, 0.29) is 5.96 Å². The fourth-order valence-electron chi connectivity index (χ4n) is 1.44. The van der Waals surface area contributed by atoms with Crippen LogP contribution in [-0.4, -0.2) is 21.6 Å². The minimum atomic E-state index is -0.0669. The van der Waals surface area contributed by atoms with Gasteiger partial charge in [0.25, 0.3) is 0 Å². The van der Waals surface area contributed by atoms with Crippen molar-refractivity contribution in [3.05, 3.63) is 35.8 Å². The van der Waals surface area contributed by atoms with Crippen molar-refractivity contribution >= 4 is 17.8 Å². The molecule has 0 saturated carbocycles. The highest BCUT2D eigenvalue weighted by Gasteiger charge is 2.04. The molecule has 0 amide bonds. The summed E-state index contributed by atoms with van der Waals surface area (Å²) in [5.74, 6) is -0.0669. The van der Waals surface area contributed by atoms with Crippen molar-refractivity contribution in [1.82, 2.24) is 9.38 Å². The minimum absolute atomic E-state index is 0.0669. The summed E-state index contributed by atoms with van der Waals surface area (Å²) >= 11 is 0. The molecule has 16 heavy (non-hydrogen) atoms. The second-order valence-electron chi connectivity index (χ2n) is 3.28. The molecule has 0 atom stereocenters. The van der Waals surface area contributed by atoms with Gasteiger partial charge in [-0.15, -0.1) is 5.10 Å². The van der Waals surface area contributed by atoms with Crippen molar-refractivity contribution < 1.29 is 0 Å². The highest BCUT2D eigenvalue weighted by Crippen LogP contribution is 2.09. The van der Waals surface area contributed by atoms with Gasteiger partial charge in [-0.3, -0.25) is 4.40 Å². The average molecular weight is 216 g/mol. The maximum Gasteiger partial charge on any atom is 0.211 e. The molecule has 2 heterocycles. The van der Waals surface area contributed by atoms with Crippen LogP contribution in [0.2, 0.25) is 0 Å². The number of nitrogens with zero attached hydrogens (tertiary/aromatic N) is 4. The van der Waals surface area contributed by atoms with E-state index in [1.165, 1.54) is 0 Å². The van der Waals surface area contributed by atoms with Gasteiger partial charge in [-0.25, -0.2) is 4.98 Å². The lowest BCUT2D eigenvalue weighted by Gasteiger charge is -1.94. The molecule has 0 unspecified atom stereocenters. The van der Waals surface area contributed by atoms with Gasteiger partial charge in [-0.05, 0) is 19.1 Å². The lowest BCUT2D eigenvalue weighted by atomic mass is 10.4. The molecule has 2 rings (SSSR count). The fourth-order valence-corrected chi connectivity index (χ4v) is 1.44. The Morgan fingerprint density at radius 3 is 3.00 bits per heavy atom. The van der Waals surface area contributed by atoms with Crippen LogP contribution in [-0.2, 0) is 0 Å². The van der Waals surface area contributed by atoms with Crippen molar-refractivity contribution in [3.63, 3.8) is 0 Å². The predicted molar refractivity (Wildman–Crippen MR) is 63.3 cm³/mol. The van der Waals surface area contributed by atoms with Crippen LogP contribution >= 0.6 is 0 Å². The van der Waals surface area contributed by atoms with Gasteiger partial charge in [0, 0.05) is 6.20 Å². The highest BCUT2D eigenvalue weighted by atomic mass is 15.3. The van der Waals surface area contributed by atoms with Crippen LogP contribution in [0.5, 0.6) is 0 Å². The molecule has 0 aliphatic heterocycles. The standard InChI is InChI=1S/C10H12N6/c1-7-8(6-13-15-10(11)12)16-5-3-2-4-9(16)14-7/h2-6H,1H3,(H4,11,12,15). The third-order valence-corrected chi connectivity index (χ3v) is 2.10. The first-order valence-corrected chi connectivity index (χ1v) is 4.74. The van der Waals surface area contributed by atoms with Gasteiger partial charge in [0.1, 0.15) is 5.65 Å². The first-order valence-electron chi connectivity index (χ1n) is 4.74.